The topological polar surface area (TPSA) is 66.6 Å². The van der Waals surface area contributed by atoms with Gasteiger partial charge in [0.05, 0.1) is 0 Å². The first kappa shape index (κ1) is 14.5. The Kier molecular flexibility index (Phi) is 5.65. The molecule has 0 saturated heterocycles. The number of phenolic OH excluding ortho intramolecular Hbond substituents is 1. The van der Waals surface area contributed by atoms with Gasteiger partial charge in [-0.25, -0.2) is 0 Å². The van der Waals surface area contributed by atoms with E-state index in [0.29, 0.717) is 18.7 Å². The molecule has 4 nitrogen and oxygen atoms in total. The van der Waals surface area contributed by atoms with Gasteiger partial charge in [-0.1, -0.05) is 6.92 Å². The second-order valence-corrected chi connectivity index (χ2v) is 4.43. The molecule has 1 aromatic rings. The number of nitrogens with zero attached hydrogens (tertiary/aromatic N) is 1. The fourth-order valence-electron chi connectivity index (χ4n) is 1.93. The maximum Gasteiger partial charge on any atom is 0.254 e. The first-order chi connectivity index (χ1) is 8.60. The first-order valence-corrected chi connectivity index (χ1v) is 6.39. The Bertz CT molecular complexity index is 405. The van der Waals surface area contributed by atoms with Crippen LogP contribution in [0.15, 0.2) is 18.2 Å². The number of aromatic hydroxyl groups is 1. The number of hydrogen-bond donors (Lipinski definition) is 2. The minimum atomic E-state index is 0.0165. The van der Waals surface area contributed by atoms with Crippen LogP contribution in [0.5, 0.6) is 5.75 Å². The predicted octanol–water partition coefficient (Wildman–Crippen LogP) is 1.90. The Balaban J connectivity index is 2.87. The highest BCUT2D eigenvalue weighted by atomic mass is 16.3. The maximum absolute atomic E-state index is 12.4. The van der Waals surface area contributed by atoms with E-state index in [-0.39, 0.29) is 11.7 Å². The van der Waals surface area contributed by atoms with Crippen molar-refractivity contribution < 1.29 is 9.90 Å². The number of nitrogens with two attached hydrogens (primary N) is 1. The Labute approximate surface area is 108 Å². The molecule has 4 heteroatoms. The van der Waals surface area contributed by atoms with Gasteiger partial charge in [-0.05, 0) is 50.1 Å². The monoisotopic (exact) mass is 250 g/mol. The number of hydrogen-bond acceptors (Lipinski definition) is 3. The Morgan fingerprint density at radius 3 is 2.67 bits per heavy atom. The lowest BCUT2D eigenvalue weighted by molar-refractivity contribution is 0.0754. The maximum atomic E-state index is 12.4. The molecule has 0 aliphatic rings. The molecule has 0 aliphatic heterocycles. The number of carbonyl (C=O) groups is 1. The van der Waals surface area contributed by atoms with E-state index < -0.39 is 0 Å². The summed E-state index contributed by atoms with van der Waals surface area (Å²) >= 11 is 0. The van der Waals surface area contributed by atoms with Gasteiger partial charge in [-0.15, -0.1) is 0 Å². The molecular weight excluding hydrogens is 228 g/mol. The van der Waals surface area contributed by atoms with Crippen molar-refractivity contribution >= 4 is 5.91 Å². The van der Waals surface area contributed by atoms with Crippen LogP contribution in [0.25, 0.3) is 0 Å². The molecule has 0 bridgehead atoms. The molecule has 0 saturated carbocycles. The van der Waals surface area contributed by atoms with Crippen LogP contribution < -0.4 is 5.73 Å². The third-order valence-corrected chi connectivity index (χ3v) is 2.85. The van der Waals surface area contributed by atoms with Gasteiger partial charge in [0, 0.05) is 18.7 Å². The standard InChI is InChI=1S/C14H22N2O2/c1-3-8-16(9-4-7-15)14(18)13-6-5-12(17)10-11(13)2/h5-6,10,17H,3-4,7-9,15H2,1-2H3. The van der Waals surface area contributed by atoms with Crippen molar-refractivity contribution in [3.8, 4) is 5.75 Å². The van der Waals surface area contributed by atoms with E-state index in [4.69, 9.17) is 5.73 Å². The zero-order chi connectivity index (χ0) is 13.5. The van der Waals surface area contributed by atoms with Gasteiger partial charge < -0.3 is 15.7 Å². The van der Waals surface area contributed by atoms with Crippen LogP contribution in [-0.2, 0) is 0 Å². The normalized spacial score (nSPS) is 10.4. The third kappa shape index (κ3) is 3.74. The zero-order valence-electron chi connectivity index (χ0n) is 11.1. The van der Waals surface area contributed by atoms with E-state index >= 15 is 0 Å². The zero-order valence-corrected chi connectivity index (χ0v) is 11.1. The molecule has 18 heavy (non-hydrogen) atoms. The van der Waals surface area contributed by atoms with Crippen molar-refractivity contribution in [2.45, 2.75) is 26.7 Å². The molecule has 0 unspecified atom stereocenters. The average molecular weight is 250 g/mol. The third-order valence-electron chi connectivity index (χ3n) is 2.85. The number of benzene rings is 1. The highest BCUT2D eigenvalue weighted by Gasteiger charge is 2.16. The van der Waals surface area contributed by atoms with Crippen LogP contribution in [0, 0.1) is 6.92 Å². The minimum Gasteiger partial charge on any atom is -0.508 e. The molecule has 0 heterocycles. The van der Waals surface area contributed by atoms with Gasteiger partial charge in [-0.2, -0.15) is 0 Å². The van der Waals surface area contributed by atoms with Crippen LogP contribution in [-0.4, -0.2) is 35.5 Å². The molecule has 1 amide bonds. The molecule has 0 aromatic heterocycles. The summed E-state index contributed by atoms with van der Waals surface area (Å²) in [6.07, 6.45) is 1.73. The van der Waals surface area contributed by atoms with E-state index in [1.807, 2.05) is 18.7 Å². The van der Waals surface area contributed by atoms with Crippen LogP contribution in [0.1, 0.15) is 35.7 Å². The number of phenols is 1. The van der Waals surface area contributed by atoms with E-state index in [1.165, 1.54) is 0 Å². The fraction of sp³-hybridized carbons (Fsp3) is 0.500. The van der Waals surface area contributed by atoms with Gasteiger partial charge >= 0.3 is 0 Å². The molecule has 100 valence electrons. The molecule has 0 spiro atoms. The van der Waals surface area contributed by atoms with Gasteiger partial charge in [-0.3, -0.25) is 4.79 Å². The van der Waals surface area contributed by atoms with Crippen LogP contribution in [0.2, 0.25) is 0 Å². The fourth-order valence-corrected chi connectivity index (χ4v) is 1.93. The van der Waals surface area contributed by atoms with Crippen molar-refractivity contribution in [3.05, 3.63) is 29.3 Å². The Morgan fingerprint density at radius 2 is 2.11 bits per heavy atom. The van der Waals surface area contributed by atoms with Crippen molar-refractivity contribution in [2.24, 2.45) is 5.73 Å². The van der Waals surface area contributed by atoms with Crippen LogP contribution >= 0.6 is 0 Å². The second-order valence-electron chi connectivity index (χ2n) is 4.43. The van der Waals surface area contributed by atoms with Gasteiger partial charge in [0.2, 0.25) is 0 Å². The van der Waals surface area contributed by atoms with Crippen molar-refractivity contribution in [1.29, 1.82) is 0 Å². The smallest absolute Gasteiger partial charge is 0.254 e. The molecule has 0 fully saturated rings. The summed E-state index contributed by atoms with van der Waals surface area (Å²) in [5.74, 6) is 0.204. The summed E-state index contributed by atoms with van der Waals surface area (Å²) < 4.78 is 0. The Hall–Kier alpha value is -1.55. The molecule has 1 aromatic carbocycles. The number of rotatable bonds is 6. The first-order valence-electron chi connectivity index (χ1n) is 6.39. The quantitative estimate of drug-likeness (QED) is 0.810. The number of amides is 1. The summed E-state index contributed by atoms with van der Waals surface area (Å²) in [5.41, 5.74) is 6.94. The summed E-state index contributed by atoms with van der Waals surface area (Å²) in [7, 11) is 0. The molecule has 0 radical (unpaired) electrons. The van der Waals surface area contributed by atoms with E-state index in [0.717, 1.165) is 24.9 Å². The van der Waals surface area contributed by atoms with Crippen LogP contribution in [0.3, 0.4) is 0 Å². The predicted molar refractivity (Wildman–Crippen MR) is 72.7 cm³/mol. The van der Waals surface area contributed by atoms with E-state index in [2.05, 4.69) is 0 Å². The van der Waals surface area contributed by atoms with Crippen molar-refractivity contribution in [1.82, 2.24) is 4.90 Å². The van der Waals surface area contributed by atoms with Crippen molar-refractivity contribution in [2.75, 3.05) is 19.6 Å². The number of carbonyl (C=O) groups excluding carboxylic acids is 1. The molecule has 1 rings (SSSR count). The Morgan fingerprint density at radius 1 is 1.39 bits per heavy atom. The summed E-state index contributed by atoms with van der Waals surface area (Å²) in [4.78, 5) is 14.2. The molecule has 3 N–H and O–H groups in total. The van der Waals surface area contributed by atoms with Gasteiger partial charge in [0.1, 0.15) is 5.75 Å². The van der Waals surface area contributed by atoms with E-state index in [9.17, 15) is 9.90 Å². The lowest BCUT2D eigenvalue weighted by atomic mass is 10.1. The highest BCUT2D eigenvalue weighted by Crippen LogP contribution is 2.17. The lowest BCUT2D eigenvalue weighted by Crippen LogP contribution is -2.34. The van der Waals surface area contributed by atoms with Crippen molar-refractivity contribution in [3.63, 3.8) is 0 Å². The molecule has 0 atom stereocenters. The summed E-state index contributed by atoms with van der Waals surface area (Å²) in [6.45, 7) is 5.89. The molecule has 0 aliphatic carbocycles. The highest BCUT2D eigenvalue weighted by molar-refractivity contribution is 5.95. The minimum absolute atomic E-state index is 0.0165. The number of aryl methyl sites for hydroxylation is 1. The van der Waals surface area contributed by atoms with Gasteiger partial charge in [0.25, 0.3) is 5.91 Å². The van der Waals surface area contributed by atoms with E-state index in [1.54, 1.807) is 18.2 Å². The molecular formula is C14H22N2O2. The summed E-state index contributed by atoms with van der Waals surface area (Å²) in [6, 6.07) is 4.84. The largest absolute Gasteiger partial charge is 0.508 e. The average Bonchev–Trinajstić information content (AvgIpc) is 2.33. The van der Waals surface area contributed by atoms with Crippen LogP contribution in [0.4, 0.5) is 0 Å². The second kappa shape index (κ2) is 7.01. The summed E-state index contributed by atoms with van der Waals surface area (Å²) in [5, 5.41) is 9.36. The SMILES string of the molecule is CCCN(CCCN)C(=O)c1ccc(O)cc1C. The lowest BCUT2D eigenvalue weighted by Gasteiger charge is -2.22. The van der Waals surface area contributed by atoms with Gasteiger partial charge in [0.15, 0.2) is 0 Å².